The predicted molar refractivity (Wildman–Crippen MR) is 85.8 cm³/mol. The molecule has 1 aromatic heterocycles. The summed E-state index contributed by atoms with van der Waals surface area (Å²) in [4.78, 5) is 43.0. The maximum Gasteiger partial charge on any atom is 0.322 e. The Balaban J connectivity index is 1.40. The molecule has 24 heavy (non-hydrogen) atoms. The van der Waals surface area contributed by atoms with Crippen LogP contribution in [0.5, 0.6) is 0 Å². The van der Waals surface area contributed by atoms with Gasteiger partial charge in [0.2, 0.25) is 5.91 Å². The Kier molecular flexibility index (Phi) is 5.05. The summed E-state index contributed by atoms with van der Waals surface area (Å²) in [5, 5.41) is 4.69. The third-order valence-corrected chi connectivity index (χ3v) is 4.36. The zero-order valence-electron chi connectivity index (χ0n) is 13.4. The van der Waals surface area contributed by atoms with Crippen LogP contribution in [0.15, 0.2) is 24.5 Å². The lowest BCUT2D eigenvalue weighted by Gasteiger charge is -2.34. The molecule has 2 saturated heterocycles. The van der Waals surface area contributed by atoms with Crippen LogP contribution in [0.4, 0.5) is 4.79 Å². The number of urea groups is 1. The molecule has 128 valence electrons. The van der Waals surface area contributed by atoms with Crippen LogP contribution >= 0.6 is 0 Å². The SMILES string of the molecule is O=C1NC(=O)C(CCC(=O)N2CCN(Cc3cccnc3)CC2)N1. The van der Waals surface area contributed by atoms with Gasteiger partial charge in [0.25, 0.3) is 5.91 Å². The third-order valence-electron chi connectivity index (χ3n) is 4.36. The van der Waals surface area contributed by atoms with Gasteiger partial charge in [-0.1, -0.05) is 6.07 Å². The van der Waals surface area contributed by atoms with Gasteiger partial charge in [-0.25, -0.2) is 4.79 Å². The second kappa shape index (κ2) is 7.39. The topological polar surface area (TPSA) is 94.6 Å². The quantitative estimate of drug-likeness (QED) is 0.723. The van der Waals surface area contributed by atoms with Crippen LogP contribution in [0.1, 0.15) is 18.4 Å². The molecule has 2 N–H and O–H groups in total. The molecule has 0 spiro atoms. The first kappa shape index (κ1) is 16.4. The van der Waals surface area contributed by atoms with Crippen molar-refractivity contribution in [3.63, 3.8) is 0 Å². The molecule has 2 fully saturated rings. The molecular formula is C16H21N5O3. The molecule has 4 amide bonds. The van der Waals surface area contributed by atoms with Crippen LogP contribution in [0.2, 0.25) is 0 Å². The van der Waals surface area contributed by atoms with Crippen molar-refractivity contribution in [3.05, 3.63) is 30.1 Å². The van der Waals surface area contributed by atoms with Crippen LogP contribution < -0.4 is 10.6 Å². The number of aromatic nitrogens is 1. The van der Waals surface area contributed by atoms with Crippen LogP contribution in [0.3, 0.4) is 0 Å². The summed E-state index contributed by atoms with van der Waals surface area (Å²) in [5.74, 6) is -0.320. The number of rotatable bonds is 5. The smallest absolute Gasteiger partial charge is 0.322 e. The van der Waals surface area contributed by atoms with E-state index < -0.39 is 12.1 Å². The maximum atomic E-state index is 12.3. The summed E-state index contributed by atoms with van der Waals surface area (Å²) < 4.78 is 0. The number of hydrogen-bond acceptors (Lipinski definition) is 5. The van der Waals surface area contributed by atoms with Gasteiger partial charge in [-0.15, -0.1) is 0 Å². The van der Waals surface area contributed by atoms with Crippen LogP contribution in [0, 0.1) is 0 Å². The van der Waals surface area contributed by atoms with Crippen LogP contribution in [-0.2, 0) is 16.1 Å². The Morgan fingerprint density at radius 2 is 2.04 bits per heavy atom. The third kappa shape index (κ3) is 4.08. The average Bonchev–Trinajstić information content (AvgIpc) is 2.92. The van der Waals surface area contributed by atoms with Gasteiger partial charge in [-0.05, 0) is 18.1 Å². The van der Waals surface area contributed by atoms with Crippen molar-refractivity contribution in [2.24, 2.45) is 0 Å². The lowest BCUT2D eigenvalue weighted by molar-refractivity contribution is -0.133. The highest BCUT2D eigenvalue weighted by Gasteiger charge is 2.30. The highest BCUT2D eigenvalue weighted by atomic mass is 16.2. The van der Waals surface area contributed by atoms with Crippen molar-refractivity contribution >= 4 is 17.8 Å². The first-order valence-corrected chi connectivity index (χ1v) is 8.12. The summed E-state index contributed by atoms with van der Waals surface area (Å²) >= 11 is 0. The van der Waals surface area contributed by atoms with Crippen molar-refractivity contribution in [3.8, 4) is 0 Å². The molecule has 8 nitrogen and oxygen atoms in total. The van der Waals surface area contributed by atoms with Gasteiger partial charge in [-0.3, -0.25) is 24.8 Å². The van der Waals surface area contributed by atoms with E-state index in [-0.39, 0.29) is 18.2 Å². The molecule has 3 heterocycles. The number of imide groups is 1. The van der Waals surface area contributed by atoms with Gasteiger partial charge >= 0.3 is 6.03 Å². The summed E-state index contributed by atoms with van der Waals surface area (Å²) in [7, 11) is 0. The molecule has 1 atom stereocenters. The minimum Gasteiger partial charge on any atom is -0.340 e. The lowest BCUT2D eigenvalue weighted by atomic mass is 10.1. The number of piperazine rings is 1. The van der Waals surface area contributed by atoms with Crippen molar-refractivity contribution in [2.75, 3.05) is 26.2 Å². The summed E-state index contributed by atoms with van der Waals surface area (Å²) in [6, 6.07) is 2.90. The standard InChI is InChI=1S/C16H21N5O3/c22-14(4-3-13-15(23)19-16(24)18-13)21-8-6-20(7-9-21)11-12-2-1-5-17-10-12/h1-2,5,10,13H,3-4,6-9,11H2,(H2,18,19,23,24). The summed E-state index contributed by atoms with van der Waals surface area (Å²) in [6.07, 6.45) is 4.22. The minimum atomic E-state index is -0.590. The van der Waals surface area contributed by atoms with Crippen molar-refractivity contribution in [1.29, 1.82) is 0 Å². The first-order chi connectivity index (χ1) is 11.6. The van der Waals surface area contributed by atoms with E-state index in [1.807, 2.05) is 23.2 Å². The van der Waals surface area contributed by atoms with E-state index in [0.29, 0.717) is 19.5 Å². The van der Waals surface area contributed by atoms with E-state index in [2.05, 4.69) is 20.5 Å². The number of nitrogens with one attached hydrogen (secondary N) is 2. The van der Waals surface area contributed by atoms with Crippen LogP contribution in [-0.4, -0.2) is 64.9 Å². The monoisotopic (exact) mass is 331 g/mol. The second-order valence-corrected chi connectivity index (χ2v) is 6.07. The number of nitrogens with zero attached hydrogens (tertiary/aromatic N) is 3. The molecule has 8 heteroatoms. The van der Waals surface area contributed by atoms with E-state index >= 15 is 0 Å². The second-order valence-electron chi connectivity index (χ2n) is 6.07. The molecule has 0 saturated carbocycles. The Labute approximate surface area is 140 Å². The Hall–Kier alpha value is -2.48. The lowest BCUT2D eigenvalue weighted by Crippen LogP contribution is -2.48. The largest absolute Gasteiger partial charge is 0.340 e. The van der Waals surface area contributed by atoms with Crippen molar-refractivity contribution in [2.45, 2.75) is 25.4 Å². The molecule has 1 aromatic rings. The van der Waals surface area contributed by atoms with Gasteiger partial charge < -0.3 is 10.2 Å². The normalized spacial score (nSPS) is 21.5. The summed E-state index contributed by atoms with van der Waals surface area (Å²) in [6.45, 7) is 3.84. The summed E-state index contributed by atoms with van der Waals surface area (Å²) in [5.41, 5.74) is 1.17. The first-order valence-electron chi connectivity index (χ1n) is 8.12. The van der Waals surface area contributed by atoms with Crippen LogP contribution in [0.25, 0.3) is 0 Å². The zero-order valence-corrected chi connectivity index (χ0v) is 13.4. The highest BCUT2D eigenvalue weighted by Crippen LogP contribution is 2.10. The fourth-order valence-corrected chi connectivity index (χ4v) is 2.99. The Morgan fingerprint density at radius 1 is 1.25 bits per heavy atom. The van der Waals surface area contributed by atoms with Crippen molar-refractivity contribution in [1.82, 2.24) is 25.4 Å². The van der Waals surface area contributed by atoms with Gasteiger partial charge in [0.05, 0.1) is 0 Å². The zero-order chi connectivity index (χ0) is 16.9. The number of carbonyl (C=O) groups excluding carboxylic acids is 3. The fraction of sp³-hybridized carbons (Fsp3) is 0.500. The Bertz CT molecular complexity index is 613. The van der Waals surface area contributed by atoms with Gasteiger partial charge in [0.1, 0.15) is 6.04 Å². The number of amides is 4. The maximum absolute atomic E-state index is 12.3. The minimum absolute atomic E-state index is 0.0324. The van der Waals surface area contributed by atoms with E-state index in [1.54, 1.807) is 6.20 Å². The predicted octanol–water partition coefficient (Wildman–Crippen LogP) is -0.286. The Morgan fingerprint density at radius 3 is 2.67 bits per heavy atom. The molecular weight excluding hydrogens is 310 g/mol. The average molecular weight is 331 g/mol. The number of hydrogen-bond donors (Lipinski definition) is 2. The van der Waals surface area contributed by atoms with Gasteiger partial charge in [-0.2, -0.15) is 0 Å². The molecule has 0 radical (unpaired) electrons. The molecule has 2 aliphatic heterocycles. The van der Waals surface area contributed by atoms with E-state index in [1.165, 1.54) is 5.56 Å². The van der Waals surface area contributed by atoms with Crippen molar-refractivity contribution < 1.29 is 14.4 Å². The number of carbonyl (C=O) groups is 3. The molecule has 0 bridgehead atoms. The molecule has 2 aliphatic rings. The van der Waals surface area contributed by atoms with E-state index in [4.69, 9.17) is 0 Å². The van der Waals surface area contributed by atoms with Gasteiger partial charge in [0, 0.05) is 51.5 Å². The molecule has 0 aromatic carbocycles. The van der Waals surface area contributed by atoms with E-state index in [0.717, 1.165) is 19.6 Å². The fourth-order valence-electron chi connectivity index (χ4n) is 2.99. The molecule has 3 rings (SSSR count). The number of pyridine rings is 1. The van der Waals surface area contributed by atoms with Gasteiger partial charge in [0.15, 0.2) is 0 Å². The molecule has 0 aliphatic carbocycles. The highest BCUT2D eigenvalue weighted by molar-refractivity contribution is 6.04. The van der Waals surface area contributed by atoms with E-state index in [9.17, 15) is 14.4 Å². The molecule has 1 unspecified atom stereocenters.